The van der Waals surface area contributed by atoms with Gasteiger partial charge >= 0.3 is 0 Å². The summed E-state index contributed by atoms with van der Waals surface area (Å²) in [7, 11) is 0. The molecule has 0 aromatic heterocycles. The molecule has 0 fully saturated rings. The number of ketones is 1. The standard InChI is InChI=1S/C3H4N4OS/c1-2(8)3(9)4-6-7-5-3/h9H,1H3. The van der Waals surface area contributed by atoms with Crippen LogP contribution in [0.25, 0.3) is 0 Å². The van der Waals surface area contributed by atoms with Gasteiger partial charge in [-0.15, -0.1) is 22.9 Å². The fourth-order valence-corrected chi connectivity index (χ4v) is 0.406. The lowest BCUT2D eigenvalue weighted by Crippen LogP contribution is -2.22. The molecule has 1 aliphatic rings. The van der Waals surface area contributed by atoms with Gasteiger partial charge in [0.2, 0.25) is 0 Å². The zero-order valence-corrected chi connectivity index (χ0v) is 5.54. The number of rotatable bonds is 1. The Morgan fingerprint density at radius 2 is 1.89 bits per heavy atom. The van der Waals surface area contributed by atoms with Crippen LogP contribution in [0.3, 0.4) is 0 Å². The maximum Gasteiger partial charge on any atom is 0.294 e. The van der Waals surface area contributed by atoms with Crippen molar-refractivity contribution in [3.63, 3.8) is 0 Å². The fraction of sp³-hybridized carbons (Fsp3) is 0.667. The highest BCUT2D eigenvalue weighted by Gasteiger charge is 2.33. The smallest absolute Gasteiger partial charge is 0.294 e. The van der Waals surface area contributed by atoms with Crippen LogP contribution in [0.2, 0.25) is 0 Å². The van der Waals surface area contributed by atoms with Crippen LogP contribution >= 0.6 is 12.6 Å². The van der Waals surface area contributed by atoms with Gasteiger partial charge in [0.15, 0.2) is 5.78 Å². The first-order valence-electron chi connectivity index (χ1n) is 2.22. The molecule has 0 aromatic carbocycles. The van der Waals surface area contributed by atoms with Crippen molar-refractivity contribution in [3.05, 3.63) is 0 Å². The summed E-state index contributed by atoms with van der Waals surface area (Å²) in [4.78, 5) is 9.25. The molecule has 0 N–H and O–H groups in total. The maximum atomic E-state index is 10.6. The van der Waals surface area contributed by atoms with Crippen molar-refractivity contribution in [2.24, 2.45) is 20.7 Å². The van der Waals surface area contributed by atoms with E-state index in [1.807, 2.05) is 0 Å². The molecule has 9 heavy (non-hydrogen) atoms. The zero-order valence-electron chi connectivity index (χ0n) is 4.64. The highest BCUT2D eigenvalue weighted by molar-refractivity contribution is 7.82. The maximum absolute atomic E-state index is 10.6. The Labute approximate surface area is 56.6 Å². The Hall–Kier alpha value is -0.780. The van der Waals surface area contributed by atoms with E-state index in [-0.39, 0.29) is 5.78 Å². The van der Waals surface area contributed by atoms with E-state index in [9.17, 15) is 4.79 Å². The van der Waals surface area contributed by atoms with Crippen LogP contribution in [-0.4, -0.2) is 10.8 Å². The lowest BCUT2D eigenvalue weighted by atomic mass is 10.4. The first kappa shape index (κ1) is 6.34. The normalized spacial score (nSPS) is 20.7. The zero-order chi connectivity index (χ0) is 6.91. The van der Waals surface area contributed by atoms with Crippen LogP contribution in [0, 0.1) is 0 Å². The molecule has 5 nitrogen and oxygen atoms in total. The van der Waals surface area contributed by atoms with Gasteiger partial charge in [0, 0.05) is 6.92 Å². The van der Waals surface area contributed by atoms with Crippen molar-refractivity contribution >= 4 is 18.4 Å². The highest BCUT2D eigenvalue weighted by atomic mass is 32.1. The molecule has 48 valence electrons. The van der Waals surface area contributed by atoms with Crippen molar-refractivity contribution in [1.82, 2.24) is 0 Å². The fourth-order valence-electron chi connectivity index (χ4n) is 0.326. The monoisotopic (exact) mass is 144 g/mol. The average Bonchev–Trinajstić information content (AvgIpc) is 2.16. The third kappa shape index (κ3) is 0.973. The lowest BCUT2D eigenvalue weighted by molar-refractivity contribution is -0.118. The van der Waals surface area contributed by atoms with Crippen molar-refractivity contribution in [2.45, 2.75) is 11.9 Å². The molecular formula is C3H4N4OS. The summed E-state index contributed by atoms with van der Waals surface area (Å²) in [5.74, 6) is -0.282. The van der Waals surface area contributed by atoms with Gasteiger partial charge in [-0.2, -0.15) is 0 Å². The van der Waals surface area contributed by atoms with Gasteiger partial charge in [-0.3, -0.25) is 4.79 Å². The second-order valence-electron chi connectivity index (χ2n) is 1.57. The van der Waals surface area contributed by atoms with E-state index in [0.717, 1.165) is 0 Å². The van der Waals surface area contributed by atoms with E-state index in [4.69, 9.17) is 0 Å². The van der Waals surface area contributed by atoms with Gasteiger partial charge in [0.1, 0.15) is 0 Å². The SMILES string of the molecule is CC(=O)C1(S)N=NN=N1. The predicted octanol–water partition coefficient (Wildman–Crippen LogP) is 0.992. The Bertz CT molecular complexity index is 186. The Kier molecular flexibility index (Phi) is 1.32. The summed E-state index contributed by atoms with van der Waals surface area (Å²) in [5, 5.41) is 13.0. The van der Waals surface area contributed by atoms with Gasteiger partial charge in [-0.05, 0) is 10.4 Å². The molecule has 0 unspecified atom stereocenters. The third-order valence-electron chi connectivity index (χ3n) is 0.881. The van der Waals surface area contributed by atoms with Crippen molar-refractivity contribution in [2.75, 3.05) is 0 Å². The largest absolute Gasteiger partial charge is 0.294 e. The summed E-state index contributed by atoms with van der Waals surface area (Å²) < 4.78 is 0. The molecule has 0 spiro atoms. The van der Waals surface area contributed by atoms with Crippen LogP contribution in [0.15, 0.2) is 20.7 Å². The number of hydrogen-bond donors (Lipinski definition) is 1. The van der Waals surface area contributed by atoms with E-state index in [1.165, 1.54) is 6.92 Å². The van der Waals surface area contributed by atoms with Crippen LogP contribution < -0.4 is 0 Å². The average molecular weight is 144 g/mol. The van der Waals surface area contributed by atoms with Crippen molar-refractivity contribution in [1.29, 1.82) is 0 Å². The van der Waals surface area contributed by atoms with Crippen molar-refractivity contribution in [3.8, 4) is 0 Å². The summed E-state index contributed by atoms with van der Waals surface area (Å²) in [6, 6.07) is 0. The van der Waals surface area contributed by atoms with Gasteiger partial charge < -0.3 is 0 Å². The molecule has 1 heterocycles. The lowest BCUT2D eigenvalue weighted by Gasteiger charge is -2.04. The molecule has 1 aliphatic heterocycles. The molecule has 0 aliphatic carbocycles. The molecule has 0 saturated heterocycles. The minimum atomic E-state index is -1.33. The molecule has 1 rings (SSSR count). The van der Waals surface area contributed by atoms with Crippen LogP contribution in [-0.2, 0) is 4.79 Å². The number of hydrogen-bond acceptors (Lipinski definition) is 6. The molecule has 0 bridgehead atoms. The molecule has 6 heteroatoms. The number of Topliss-reactive ketones (excluding diaryl/α,β-unsaturated/α-hetero) is 1. The van der Waals surface area contributed by atoms with Crippen LogP contribution in [0.5, 0.6) is 0 Å². The molecule has 0 atom stereocenters. The summed E-state index contributed by atoms with van der Waals surface area (Å²) >= 11 is 3.81. The molecule has 0 amide bonds. The van der Waals surface area contributed by atoms with Gasteiger partial charge in [-0.25, -0.2) is 0 Å². The minimum absolute atomic E-state index is 0.282. The molecular weight excluding hydrogens is 140 g/mol. The summed E-state index contributed by atoms with van der Waals surface area (Å²) in [5.41, 5.74) is 0. The summed E-state index contributed by atoms with van der Waals surface area (Å²) in [6.07, 6.45) is 0. The van der Waals surface area contributed by atoms with E-state index in [1.54, 1.807) is 0 Å². The van der Waals surface area contributed by atoms with Gasteiger partial charge in [0.05, 0.1) is 0 Å². The van der Waals surface area contributed by atoms with Gasteiger partial charge in [-0.1, -0.05) is 0 Å². The number of carbonyl (C=O) groups excluding carboxylic acids is 1. The first-order chi connectivity index (χ1) is 4.15. The molecule has 0 radical (unpaired) electrons. The molecule has 0 aromatic rings. The topological polar surface area (TPSA) is 66.5 Å². The first-order valence-corrected chi connectivity index (χ1v) is 2.67. The quantitative estimate of drug-likeness (QED) is 0.548. The summed E-state index contributed by atoms with van der Waals surface area (Å²) in [6.45, 7) is 1.33. The second kappa shape index (κ2) is 1.87. The highest BCUT2D eigenvalue weighted by Crippen LogP contribution is 2.24. The number of carbonyl (C=O) groups is 1. The number of thiol groups is 1. The van der Waals surface area contributed by atoms with Crippen LogP contribution in [0.1, 0.15) is 6.92 Å². The molecule has 0 saturated carbocycles. The Balaban J connectivity index is 2.88. The van der Waals surface area contributed by atoms with Gasteiger partial charge in [0.25, 0.3) is 4.99 Å². The van der Waals surface area contributed by atoms with Crippen molar-refractivity contribution < 1.29 is 4.79 Å². The second-order valence-corrected chi connectivity index (χ2v) is 2.19. The van der Waals surface area contributed by atoms with Crippen LogP contribution in [0.4, 0.5) is 0 Å². The van der Waals surface area contributed by atoms with E-state index in [2.05, 4.69) is 33.3 Å². The predicted molar refractivity (Wildman–Crippen MR) is 32.1 cm³/mol. The number of nitrogens with zero attached hydrogens (tertiary/aromatic N) is 4. The van der Waals surface area contributed by atoms with E-state index in [0.29, 0.717) is 0 Å². The van der Waals surface area contributed by atoms with E-state index < -0.39 is 4.99 Å². The Morgan fingerprint density at radius 3 is 2.11 bits per heavy atom. The third-order valence-corrected chi connectivity index (χ3v) is 1.37. The minimum Gasteiger partial charge on any atom is -0.294 e. The Morgan fingerprint density at radius 1 is 1.44 bits per heavy atom. The van der Waals surface area contributed by atoms with E-state index >= 15 is 0 Å².